The third-order valence-electron chi connectivity index (χ3n) is 3.55. The van der Waals surface area contributed by atoms with E-state index >= 15 is 0 Å². The summed E-state index contributed by atoms with van der Waals surface area (Å²) in [5.41, 5.74) is 7.83. The van der Waals surface area contributed by atoms with Crippen molar-refractivity contribution in [2.45, 2.75) is 32.1 Å². The molecule has 0 saturated carbocycles. The lowest BCUT2D eigenvalue weighted by molar-refractivity contribution is -0.146. The maximum absolute atomic E-state index is 11.3. The van der Waals surface area contributed by atoms with Gasteiger partial charge in [-0.15, -0.1) is 0 Å². The zero-order chi connectivity index (χ0) is 21.0. The first kappa shape index (κ1) is 23.5. The van der Waals surface area contributed by atoms with Crippen LogP contribution < -0.4 is 5.73 Å². The van der Waals surface area contributed by atoms with Crippen LogP contribution >= 0.6 is 0 Å². The Morgan fingerprint density at radius 3 is 2.11 bits per heavy atom. The number of Topliss-reactive ketones (excluding diaryl/α,β-unsaturated/α-hetero) is 1. The Labute approximate surface area is 165 Å². The highest BCUT2D eigenvalue weighted by Gasteiger charge is 2.07. The standard InChI is InChI=1S/C13H17NO3.C7H8O3S/c1-10-2-4-11(5-3-10)9-17-13(16)7-6-12(15)8-14;8-11(9,10)6-7-4-2-1-3-5-7/h2-5H,6-9,14H2,1H3;1-5H,6H2,(H,8,9,10). The number of carbonyl (C=O) groups excluding carboxylic acids is 2. The normalized spacial score (nSPS) is 10.5. The summed E-state index contributed by atoms with van der Waals surface area (Å²) in [4.78, 5) is 22.2. The second-order valence-electron chi connectivity index (χ2n) is 6.10. The number of aryl methyl sites for hydroxylation is 1. The number of ether oxygens (including phenoxy) is 1. The fourth-order valence-corrected chi connectivity index (χ4v) is 2.66. The van der Waals surface area contributed by atoms with Gasteiger partial charge in [0.25, 0.3) is 10.1 Å². The van der Waals surface area contributed by atoms with E-state index in [1.807, 2.05) is 31.2 Å². The number of rotatable bonds is 8. The SMILES string of the molecule is Cc1ccc(COC(=O)CCC(=O)CN)cc1.O=S(=O)(O)Cc1ccccc1. The molecule has 0 aliphatic heterocycles. The maximum atomic E-state index is 11.3. The quantitative estimate of drug-likeness (QED) is 0.509. The predicted octanol–water partition coefficient (Wildman–Crippen LogP) is 2.42. The predicted molar refractivity (Wildman–Crippen MR) is 106 cm³/mol. The van der Waals surface area contributed by atoms with Crippen LogP contribution in [0, 0.1) is 6.92 Å². The van der Waals surface area contributed by atoms with Gasteiger partial charge in [0.1, 0.15) is 18.1 Å². The summed E-state index contributed by atoms with van der Waals surface area (Å²) in [6, 6.07) is 16.3. The van der Waals surface area contributed by atoms with Gasteiger partial charge in [-0.05, 0) is 18.1 Å². The molecule has 7 nitrogen and oxygen atoms in total. The molecule has 28 heavy (non-hydrogen) atoms. The van der Waals surface area contributed by atoms with Gasteiger partial charge in [0, 0.05) is 6.42 Å². The average molecular weight is 407 g/mol. The van der Waals surface area contributed by atoms with Crippen LogP contribution in [0.2, 0.25) is 0 Å². The zero-order valence-electron chi connectivity index (χ0n) is 15.7. The van der Waals surface area contributed by atoms with E-state index in [0.29, 0.717) is 5.56 Å². The van der Waals surface area contributed by atoms with E-state index in [1.165, 1.54) is 0 Å². The molecule has 3 N–H and O–H groups in total. The maximum Gasteiger partial charge on any atom is 0.306 e. The molecule has 2 rings (SSSR count). The van der Waals surface area contributed by atoms with Crippen molar-refractivity contribution < 1.29 is 27.3 Å². The second-order valence-corrected chi connectivity index (χ2v) is 7.55. The second kappa shape index (κ2) is 12.0. The molecule has 0 amide bonds. The molecule has 0 saturated heterocycles. The van der Waals surface area contributed by atoms with Crippen LogP contribution in [0.15, 0.2) is 54.6 Å². The summed E-state index contributed by atoms with van der Waals surface area (Å²) in [6.07, 6.45) is 0.255. The van der Waals surface area contributed by atoms with Gasteiger partial charge in [-0.25, -0.2) is 0 Å². The highest BCUT2D eigenvalue weighted by molar-refractivity contribution is 7.85. The fourth-order valence-electron chi connectivity index (χ4n) is 2.05. The summed E-state index contributed by atoms with van der Waals surface area (Å²) in [5, 5.41) is 0. The van der Waals surface area contributed by atoms with Crippen molar-refractivity contribution in [1.29, 1.82) is 0 Å². The molecule has 0 heterocycles. The van der Waals surface area contributed by atoms with Gasteiger partial charge < -0.3 is 10.5 Å². The largest absolute Gasteiger partial charge is 0.461 e. The Balaban J connectivity index is 0.000000307. The summed E-state index contributed by atoms with van der Waals surface area (Å²) in [6.45, 7) is 2.22. The highest BCUT2D eigenvalue weighted by atomic mass is 32.2. The summed E-state index contributed by atoms with van der Waals surface area (Å²) in [5.74, 6) is -0.807. The molecular formula is C20H25NO6S. The van der Waals surface area contributed by atoms with E-state index < -0.39 is 10.1 Å². The van der Waals surface area contributed by atoms with Crippen molar-refractivity contribution in [3.63, 3.8) is 0 Å². The lowest BCUT2D eigenvalue weighted by Crippen LogP contribution is -2.15. The Kier molecular flexibility index (Phi) is 10.1. The molecule has 0 bridgehead atoms. The van der Waals surface area contributed by atoms with E-state index in [-0.39, 0.29) is 43.5 Å². The molecule has 0 aliphatic rings. The minimum atomic E-state index is -3.88. The first-order valence-corrected chi connectivity index (χ1v) is 10.2. The van der Waals surface area contributed by atoms with Crippen LogP contribution in [-0.4, -0.2) is 31.3 Å². The van der Waals surface area contributed by atoms with Crippen LogP contribution in [0.25, 0.3) is 0 Å². The minimum absolute atomic E-state index is 0.0226. The average Bonchev–Trinajstić information content (AvgIpc) is 2.65. The number of nitrogens with two attached hydrogens (primary N) is 1. The van der Waals surface area contributed by atoms with E-state index in [9.17, 15) is 18.0 Å². The van der Waals surface area contributed by atoms with Crippen molar-refractivity contribution in [2.24, 2.45) is 5.73 Å². The van der Waals surface area contributed by atoms with Crippen LogP contribution in [-0.2, 0) is 36.8 Å². The molecule has 0 aromatic heterocycles. The summed E-state index contributed by atoms with van der Waals surface area (Å²) >= 11 is 0. The van der Waals surface area contributed by atoms with Crippen LogP contribution in [0.1, 0.15) is 29.5 Å². The number of esters is 1. The smallest absolute Gasteiger partial charge is 0.306 e. The third kappa shape index (κ3) is 11.2. The van der Waals surface area contributed by atoms with Crippen molar-refractivity contribution >= 4 is 21.9 Å². The molecule has 0 spiro atoms. The molecule has 0 aliphatic carbocycles. The molecule has 2 aromatic rings. The molecule has 8 heteroatoms. The van der Waals surface area contributed by atoms with E-state index in [0.717, 1.165) is 11.1 Å². The molecule has 0 radical (unpaired) electrons. The van der Waals surface area contributed by atoms with Gasteiger partial charge in [0.15, 0.2) is 0 Å². The molecule has 152 valence electrons. The van der Waals surface area contributed by atoms with E-state index in [1.54, 1.807) is 30.3 Å². The van der Waals surface area contributed by atoms with Crippen LogP contribution in [0.4, 0.5) is 0 Å². The Morgan fingerprint density at radius 1 is 0.964 bits per heavy atom. The number of hydrogen-bond acceptors (Lipinski definition) is 6. The number of benzene rings is 2. The lowest BCUT2D eigenvalue weighted by atomic mass is 10.2. The van der Waals surface area contributed by atoms with Crippen molar-refractivity contribution in [3.05, 3.63) is 71.3 Å². The topological polar surface area (TPSA) is 124 Å². The minimum Gasteiger partial charge on any atom is -0.461 e. The third-order valence-corrected chi connectivity index (χ3v) is 4.25. The van der Waals surface area contributed by atoms with Gasteiger partial charge >= 0.3 is 5.97 Å². The van der Waals surface area contributed by atoms with Gasteiger partial charge in [0.2, 0.25) is 0 Å². The van der Waals surface area contributed by atoms with Crippen molar-refractivity contribution in [3.8, 4) is 0 Å². The van der Waals surface area contributed by atoms with Crippen LogP contribution in [0.3, 0.4) is 0 Å². The van der Waals surface area contributed by atoms with Crippen LogP contribution in [0.5, 0.6) is 0 Å². The number of carbonyl (C=O) groups is 2. The number of hydrogen-bond donors (Lipinski definition) is 2. The lowest BCUT2D eigenvalue weighted by Gasteiger charge is -2.04. The summed E-state index contributed by atoms with van der Waals surface area (Å²) in [7, 11) is -3.88. The first-order chi connectivity index (χ1) is 13.2. The van der Waals surface area contributed by atoms with Crippen molar-refractivity contribution in [2.75, 3.05) is 6.54 Å². The molecule has 0 fully saturated rings. The molecule has 0 unspecified atom stereocenters. The highest BCUT2D eigenvalue weighted by Crippen LogP contribution is 2.06. The van der Waals surface area contributed by atoms with Gasteiger partial charge in [0.05, 0.1) is 13.0 Å². The Morgan fingerprint density at radius 2 is 1.57 bits per heavy atom. The number of ketones is 1. The van der Waals surface area contributed by atoms with Gasteiger partial charge in [-0.3, -0.25) is 14.1 Å². The van der Waals surface area contributed by atoms with Gasteiger partial charge in [-0.1, -0.05) is 60.2 Å². The fraction of sp³-hybridized carbons (Fsp3) is 0.300. The molecule has 2 aromatic carbocycles. The first-order valence-electron chi connectivity index (χ1n) is 8.61. The zero-order valence-corrected chi connectivity index (χ0v) is 16.5. The Hall–Kier alpha value is -2.55. The van der Waals surface area contributed by atoms with E-state index in [2.05, 4.69) is 0 Å². The Bertz CT molecular complexity index is 848. The summed E-state index contributed by atoms with van der Waals surface area (Å²) < 4.78 is 34.2. The molecular weight excluding hydrogens is 382 g/mol. The van der Waals surface area contributed by atoms with Gasteiger partial charge in [-0.2, -0.15) is 8.42 Å². The molecule has 0 atom stereocenters. The van der Waals surface area contributed by atoms with Crippen molar-refractivity contribution in [1.82, 2.24) is 0 Å². The monoisotopic (exact) mass is 407 g/mol. The van der Waals surface area contributed by atoms with E-state index in [4.69, 9.17) is 15.0 Å².